The van der Waals surface area contributed by atoms with Crippen LogP contribution in [-0.4, -0.2) is 28.1 Å². The van der Waals surface area contributed by atoms with E-state index in [1.165, 1.54) is 18.3 Å². The first-order chi connectivity index (χ1) is 16.2. The van der Waals surface area contributed by atoms with E-state index in [-0.39, 0.29) is 17.7 Å². The van der Waals surface area contributed by atoms with E-state index in [1.807, 2.05) is 30.3 Å². The Kier molecular flexibility index (Phi) is 6.36. The van der Waals surface area contributed by atoms with Gasteiger partial charge < -0.3 is 9.84 Å². The first-order valence-electron chi connectivity index (χ1n) is 10.3. The van der Waals surface area contributed by atoms with Crippen LogP contribution in [-0.2, 0) is 16.0 Å². The fraction of sp³-hybridized carbons (Fsp3) is 0.160. The number of aliphatic hydroxyl groups excluding tert-OH is 1. The van der Waals surface area contributed by atoms with Gasteiger partial charge in [-0.25, -0.2) is 0 Å². The van der Waals surface area contributed by atoms with E-state index in [0.29, 0.717) is 12.1 Å². The molecular formula is C25H19F3N2O4. The molecule has 0 fully saturated rings. The normalized spacial score (nSPS) is 16.1. The summed E-state index contributed by atoms with van der Waals surface area (Å²) in [4.78, 5) is 31.6. The van der Waals surface area contributed by atoms with Crippen molar-refractivity contribution in [3.8, 4) is 5.75 Å². The van der Waals surface area contributed by atoms with E-state index in [9.17, 15) is 27.9 Å². The Morgan fingerprint density at radius 3 is 2.29 bits per heavy atom. The van der Waals surface area contributed by atoms with E-state index in [0.717, 1.165) is 22.6 Å². The van der Waals surface area contributed by atoms with Gasteiger partial charge in [0.1, 0.15) is 11.8 Å². The van der Waals surface area contributed by atoms with Gasteiger partial charge in [-0.2, -0.15) is 0 Å². The molecule has 1 amide bonds. The number of aliphatic hydroxyl groups is 1. The number of alkyl halides is 3. The average Bonchev–Trinajstić information content (AvgIpc) is 3.09. The maximum absolute atomic E-state index is 13.2. The fourth-order valence-corrected chi connectivity index (χ4v) is 3.82. The molecule has 1 aromatic heterocycles. The summed E-state index contributed by atoms with van der Waals surface area (Å²) in [6.07, 6.45) is -2.92. The van der Waals surface area contributed by atoms with Gasteiger partial charge in [-0.1, -0.05) is 36.4 Å². The molecule has 0 spiro atoms. The molecule has 1 aliphatic rings. The average molecular weight is 468 g/mol. The van der Waals surface area contributed by atoms with Crippen LogP contribution >= 0.6 is 0 Å². The number of carbonyl (C=O) groups excluding carboxylic acids is 2. The lowest BCUT2D eigenvalue weighted by Gasteiger charge is -2.26. The number of aromatic nitrogens is 1. The van der Waals surface area contributed by atoms with Crippen LogP contribution in [0.2, 0.25) is 0 Å². The lowest BCUT2D eigenvalue weighted by atomic mass is 9.95. The molecule has 2 heterocycles. The second-order valence-electron chi connectivity index (χ2n) is 7.55. The zero-order chi connectivity index (χ0) is 24.3. The van der Waals surface area contributed by atoms with Crippen LogP contribution in [0, 0.1) is 0 Å². The fourth-order valence-electron chi connectivity index (χ4n) is 3.82. The molecule has 6 nitrogen and oxygen atoms in total. The highest BCUT2D eigenvalue weighted by molar-refractivity contribution is 6.16. The number of amides is 1. The molecule has 0 radical (unpaired) electrons. The molecule has 0 aliphatic carbocycles. The molecule has 34 heavy (non-hydrogen) atoms. The highest BCUT2D eigenvalue weighted by Crippen LogP contribution is 2.41. The van der Waals surface area contributed by atoms with Gasteiger partial charge in [-0.15, -0.1) is 13.2 Å². The largest absolute Gasteiger partial charge is 0.573 e. The number of ketones is 1. The summed E-state index contributed by atoms with van der Waals surface area (Å²) in [6, 6.07) is 17.8. The summed E-state index contributed by atoms with van der Waals surface area (Å²) < 4.78 is 41.4. The van der Waals surface area contributed by atoms with Crippen molar-refractivity contribution in [3.63, 3.8) is 0 Å². The third-order valence-corrected chi connectivity index (χ3v) is 5.31. The predicted molar refractivity (Wildman–Crippen MR) is 117 cm³/mol. The Balaban J connectivity index is 1.66. The molecule has 0 saturated carbocycles. The van der Waals surface area contributed by atoms with Crippen molar-refractivity contribution < 1.29 is 32.6 Å². The monoisotopic (exact) mass is 468 g/mol. The lowest BCUT2D eigenvalue weighted by Crippen LogP contribution is -2.31. The number of aryl methyl sites for hydroxylation is 1. The van der Waals surface area contributed by atoms with Crippen molar-refractivity contribution in [1.29, 1.82) is 0 Å². The van der Waals surface area contributed by atoms with E-state index in [1.54, 1.807) is 18.2 Å². The number of benzene rings is 2. The number of halogens is 3. The van der Waals surface area contributed by atoms with Crippen LogP contribution in [0.4, 0.5) is 18.9 Å². The van der Waals surface area contributed by atoms with Crippen LogP contribution in [0.1, 0.15) is 23.7 Å². The number of carbonyl (C=O) groups is 2. The smallest absolute Gasteiger partial charge is 0.503 e. The van der Waals surface area contributed by atoms with Gasteiger partial charge >= 0.3 is 6.36 Å². The molecule has 1 atom stereocenters. The molecule has 3 aromatic rings. The van der Waals surface area contributed by atoms with Crippen molar-refractivity contribution in [2.75, 3.05) is 4.90 Å². The minimum atomic E-state index is -4.86. The van der Waals surface area contributed by atoms with Gasteiger partial charge in [0.25, 0.3) is 5.91 Å². The molecule has 0 saturated heterocycles. The number of Topliss-reactive ketones (excluding diaryl/α,β-unsaturated/α-hetero) is 1. The van der Waals surface area contributed by atoms with E-state index in [4.69, 9.17) is 0 Å². The molecule has 174 valence electrons. The number of rotatable bonds is 7. The second-order valence-corrected chi connectivity index (χ2v) is 7.55. The van der Waals surface area contributed by atoms with Crippen LogP contribution in [0.5, 0.6) is 5.75 Å². The molecule has 1 aliphatic heterocycles. The van der Waals surface area contributed by atoms with Crippen molar-refractivity contribution in [1.82, 2.24) is 4.98 Å². The number of pyridine rings is 1. The summed E-state index contributed by atoms with van der Waals surface area (Å²) in [5, 5.41) is 10.7. The van der Waals surface area contributed by atoms with Crippen LogP contribution in [0.25, 0.3) is 0 Å². The number of nitrogens with zero attached hydrogens (tertiary/aromatic N) is 2. The Morgan fingerprint density at radius 1 is 1.00 bits per heavy atom. The molecule has 1 N–H and O–H groups in total. The predicted octanol–water partition coefficient (Wildman–Crippen LogP) is 5.08. The molecule has 4 rings (SSSR count). The Morgan fingerprint density at radius 2 is 1.68 bits per heavy atom. The Labute approximate surface area is 192 Å². The van der Waals surface area contributed by atoms with Crippen LogP contribution in [0.15, 0.2) is 90.3 Å². The third-order valence-electron chi connectivity index (χ3n) is 5.31. The molecule has 9 heteroatoms. The maximum atomic E-state index is 13.2. The summed E-state index contributed by atoms with van der Waals surface area (Å²) in [7, 11) is 0. The zero-order valence-electron chi connectivity index (χ0n) is 17.7. The maximum Gasteiger partial charge on any atom is 0.573 e. The van der Waals surface area contributed by atoms with Gasteiger partial charge in [-0.05, 0) is 48.4 Å². The van der Waals surface area contributed by atoms with Crippen molar-refractivity contribution >= 4 is 17.4 Å². The third kappa shape index (κ3) is 4.93. The lowest BCUT2D eigenvalue weighted by molar-refractivity contribution is -0.274. The highest BCUT2D eigenvalue weighted by Gasteiger charge is 2.44. The quantitative estimate of drug-likeness (QED) is 0.523. The second kappa shape index (κ2) is 9.38. The number of anilines is 1. The van der Waals surface area contributed by atoms with E-state index < -0.39 is 35.6 Å². The van der Waals surface area contributed by atoms with E-state index in [2.05, 4.69) is 9.72 Å². The summed E-state index contributed by atoms with van der Waals surface area (Å²) in [5.41, 5.74) is 1.33. The molecule has 2 aromatic carbocycles. The highest BCUT2D eigenvalue weighted by atomic mass is 19.4. The molecule has 0 bridgehead atoms. The van der Waals surface area contributed by atoms with Crippen molar-refractivity contribution in [3.05, 3.63) is 102 Å². The topological polar surface area (TPSA) is 79.7 Å². The SMILES string of the molecule is O=C(CCc1ccccc1)C1=C(O)C(=O)N(c2ccc(OC(F)(F)F)cc2)C1c1ccccn1. The number of ether oxygens (including phenoxy) is 1. The van der Waals surface area contributed by atoms with Crippen LogP contribution < -0.4 is 9.64 Å². The summed E-state index contributed by atoms with van der Waals surface area (Å²) >= 11 is 0. The minimum Gasteiger partial charge on any atom is -0.503 e. The van der Waals surface area contributed by atoms with Crippen molar-refractivity contribution in [2.24, 2.45) is 0 Å². The number of hydrogen-bond donors (Lipinski definition) is 1. The summed E-state index contributed by atoms with van der Waals surface area (Å²) in [6.45, 7) is 0. The van der Waals surface area contributed by atoms with Gasteiger partial charge in [0.2, 0.25) is 0 Å². The molecule has 1 unspecified atom stereocenters. The summed E-state index contributed by atoms with van der Waals surface area (Å²) in [5.74, 6) is -2.44. The Bertz CT molecular complexity index is 1210. The van der Waals surface area contributed by atoms with Crippen molar-refractivity contribution in [2.45, 2.75) is 25.2 Å². The van der Waals surface area contributed by atoms with E-state index >= 15 is 0 Å². The van der Waals surface area contributed by atoms with Gasteiger partial charge in [0.15, 0.2) is 11.5 Å². The zero-order valence-corrected chi connectivity index (χ0v) is 17.7. The van der Waals surface area contributed by atoms with Gasteiger partial charge in [-0.3, -0.25) is 19.5 Å². The number of hydrogen-bond acceptors (Lipinski definition) is 5. The first-order valence-corrected chi connectivity index (χ1v) is 10.3. The van der Waals surface area contributed by atoms with Crippen LogP contribution in [0.3, 0.4) is 0 Å². The van der Waals surface area contributed by atoms with Gasteiger partial charge in [0, 0.05) is 18.3 Å². The molecular weight excluding hydrogens is 449 g/mol. The standard InChI is InChI=1S/C25H19F3N2O4/c26-25(27,28)34-18-12-10-17(11-13-18)30-22(19-8-4-5-15-29-19)21(23(32)24(30)33)20(31)14-9-16-6-2-1-3-7-16/h1-8,10-13,15,22,32H,9,14H2. The Hall–Kier alpha value is -4.14. The first kappa shape index (κ1) is 23.0. The minimum absolute atomic E-state index is 0.0478. The van der Waals surface area contributed by atoms with Gasteiger partial charge in [0.05, 0.1) is 11.3 Å².